The molecule has 0 saturated carbocycles. The molecular formula is C14H22O13S-2. The molecule has 2 fully saturated rings. The van der Waals surface area contributed by atoms with Crippen molar-refractivity contribution >= 4 is 16.1 Å². The van der Waals surface area contributed by atoms with Crippen LogP contribution < -0.4 is 10.4 Å². The first-order valence-corrected chi connectivity index (χ1v) is 9.72. The third kappa shape index (κ3) is 4.30. The van der Waals surface area contributed by atoms with Gasteiger partial charge < -0.3 is 53.8 Å². The van der Waals surface area contributed by atoms with Gasteiger partial charge in [0, 0.05) is 13.0 Å². The number of rotatable bonds is 6. The number of carbonyl (C=O) groups excluding carboxylic acids is 1. The Kier molecular flexibility index (Phi) is 7.36. The van der Waals surface area contributed by atoms with Crippen molar-refractivity contribution in [2.24, 2.45) is 5.92 Å². The van der Waals surface area contributed by atoms with Crippen LogP contribution in [-0.4, -0.2) is 91.3 Å². The van der Waals surface area contributed by atoms with Gasteiger partial charge in [-0.1, -0.05) is 6.92 Å². The fourth-order valence-electron chi connectivity index (χ4n) is 3.29. The average molecular weight is 430 g/mol. The molecule has 0 aromatic heterocycles. The fourth-order valence-corrected chi connectivity index (χ4v) is 4.46. The summed E-state index contributed by atoms with van der Waals surface area (Å²) in [4.78, 5) is 11.2. The van der Waals surface area contributed by atoms with Crippen LogP contribution in [0.3, 0.4) is 0 Å². The van der Waals surface area contributed by atoms with Crippen LogP contribution in [0, 0.1) is 5.92 Å². The van der Waals surface area contributed by atoms with Crippen molar-refractivity contribution in [1.29, 1.82) is 0 Å². The minimum absolute atomic E-state index is 1.06. The van der Waals surface area contributed by atoms with Crippen LogP contribution in [0.15, 0.2) is 0 Å². The summed E-state index contributed by atoms with van der Waals surface area (Å²) in [5, 5.41) is 50.3. The van der Waals surface area contributed by atoms with E-state index >= 15 is 0 Å². The first-order valence-electron chi connectivity index (χ1n) is 8.25. The monoisotopic (exact) mass is 430 g/mol. The van der Waals surface area contributed by atoms with E-state index in [2.05, 4.69) is 4.33 Å². The van der Waals surface area contributed by atoms with E-state index in [1.165, 1.54) is 13.8 Å². The minimum Gasteiger partial charge on any atom is -0.707 e. The second-order valence-corrected chi connectivity index (χ2v) is 8.31. The standard InChI is InChI=1S/C14H24O13S/c1-4-6(15)7(16)14(25-9(4)12(18)19)26-10-5(2)24-13(23-3)8(17)11(10)28(21,22)27-20/h4-11,13-17,20H,1-3H3,(H,18,19)/p-2/t4?,5?,6?,7-,8?,9?,10+,11+,13-,14+/m1/s1. The first kappa shape index (κ1) is 23.3. The maximum absolute atomic E-state index is 12.1. The summed E-state index contributed by atoms with van der Waals surface area (Å²) >= 11 is 0. The molecule has 2 rings (SSSR count). The second-order valence-electron chi connectivity index (χ2n) is 6.65. The van der Waals surface area contributed by atoms with Gasteiger partial charge in [-0.2, -0.15) is 8.42 Å². The van der Waals surface area contributed by atoms with E-state index in [9.17, 15) is 38.9 Å². The topological polar surface area (TPSA) is 204 Å². The summed E-state index contributed by atoms with van der Waals surface area (Å²) in [7, 11) is -3.81. The Balaban J connectivity index is 2.33. The van der Waals surface area contributed by atoms with Crippen LogP contribution in [0.4, 0.5) is 0 Å². The Hall–Kier alpha value is -0.940. The lowest BCUT2D eigenvalue weighted by Gasteiger charge is -2.47. The SMILES string of the molecule is CO[C@@H]1OC(C)[C@H](O[C@@H]2OC(C(=O)[O-])C(C)C(O)[C@H]2O)[C@@H](S(=O)(=O)O[O-])C1O. The number of hydrogen-bond acceptors (Lipinski definition) is 13. The van der Waals surface area contributed by atoms with Crippen LogP contribution in [0.25, 0.3) is 0 Å². The Morgan fingerprint density at radius 2 is 1.64 bits per heavy atom. The smallest absolute Gasteiger partial charge is 0.267 e. The number of aliphatic hydroxyl groups is 3. The van der Waals surface area contributed by atoms with Crippen LogP contribution in [0.2, 0.25) is 0 Å². The third-order valence-corrected chi connectivity index (χ3v) is 6.26. The average Bonchev–Trinajstić information content (AvgIpc) is 2.63. The van der Waals surface area contributed by atoms with Gasteiger partial charge >= 0.3 is 0 Å². The molecule has 0 radical (unpaired) electrons. The predicted molar refractivity (Wildman–Crippen MR) is 80.9 cm³/mol. The number of hydrogen-bond donors (Lipinski definition) is 3. The molecule has 2 heterocycles. The second kappa shape index (κ2) is 8.83. The zero-order chi connectivity index (χ0) is 21.4. The summed E-state index contributed by atoms with van der Waals surface area (Å²) < 4.78 is 47.9. The van der Waals surface area contributed by atoms with Gasteiger partial charge in [0.25, 0.3) is 10.1 Å². The third-order valence-electron chi connectivity index (χ3n) is 4.86. The van der Waals surface area contributed by atoms with Crippen molar-refractivity contribution in [1.82, 2.24) is 0 Å². The zero-order valence-electron chi connectivity index (χ0n) is 15.1. The normalized spacial score (nSPS) is 45.0. The molecule has 5 unspecified atom stereocenters. The van der Waals surface area contributed by atoms with Gasteiger partial charge in [0.15, 0.2) is 12.6 Å². The summed E-state index contributed by atoms with van der Waals surface area (Å²) in [6.45, 7) is 2.61. The highest BCUT2D eigenvalue weighted by molar-refractivity contribution is 7.87. The number of carbonyl (C=O) groups is 1. The fraction of sp³-hybridized carbons (Fsp3) is 0.929. The molecule has 13 nitrogen and oxygen atoms in total. The van der Waals surface area contributed by atoms with E-state index in [0.29, 0.717) is 0 Å². The molecule has 28 heavy (non-hydrogen) atoms. The zero-order valence-corrected chi connectivity index (χ0v) is 15.9. The lowest BCUT2D eigenvalue weighted by atomic mass is 9.90. The molecule has 2 saturated heterocycles. The molecule has 0 aromatic rings. The van der Waals surface area contributed by atoms with Gasteiger partial charge in [-0.3, -0.25) is 0 Å². The highest BCUT2D eigenvalue weighted by Gasteiger charge is 2.54. The summed E-state index contributed by atoms with van der Waals surface area (Å²) in [5.41, 5.74) is 0. The highest BCUT2D eigenvalue weighted by Crippen LogP contribution is 2.33. The summed E-state index contributed by atoms with van der Waals surface area (Å²) in [6.07, 6.45) is -13.0. The van der Waals surface area contributed by atoms with Gasteiger partial charge in [-0.05, 0) is 6.92 Å². The van der Waals surface area contributed by atoms with Gasteiger partial charge in [0.1, 0.15) is 29.7 Å². The number of ether oxygens (including phenoxy) is 4. The number of aliphatic hydroxyl groups excluding tert-OH is 3. The molecule has 0 aliphatic carbocycles. The van der Waals surface area contributed by atoms with E-state index in [4.69, 9.17) is 18.9 Å². The van der Waals surface area contributed by atoms with Crippen molar-refractivity contribution < 1.29 is 62.2 Å². The predicted octanol–water partition coefficient (Wildman–Crippen LogP) is -5.05. The van der Waals surface area contributed by atoms with E-state index in [1.807, 2.05) is 0 Å². The number of carboxylic acid groups (broad SMARTS) is 1. The van der Waals surface area contributed by atoms with Crippen molar-refractivity contribution in [2.75, 3.05) is 7.11 Å². The van der Waals surface area contributed by atoms with E-state index in [-0.39, 0.29) is 0 Å². The Bertz CT molecular complexity index is 654. The van der Waals surface area contributed by atoms with E-state index in [1.54, 1.807) is 0 Å². The molecule has 0 spiro atoms. The molecule has 3 N–H and O–H groups in total. The summed E-state index contributed by atoms with van der Waals surface area (Å²) in [5.74, 6) is -2.75. The van der Waals surface area contributed by atoms with Gasteiger partial charge in [0.05, 0.1) is 18.2 Å². The molecule has 14 heteroatoms. The maximum Gasteiger partial charge on any atom is 0.267 e. The number of carboxylic acids is 1. The molecule has 10 atom stereocenters. The Morgan fingerprint density at radius 3 is 2.14 bits per heavy atom. The van der Waals surface area contributed by atoms with Crippen molar-refractivity contribution in [3.05, 3.63) is 0 Å². The van der Waals surface area contributed by atoms with Crippen molar-refractivity contribution in [3.63, 3.8) is 0 Å². The maximum atomic E-state index is 12.1. The van der Waals surface area contributed by atoms with Crippen LogP contribution in [0.1, 0.15) is 13.8 Å². The molecule has 2 aliphatic rings. The lowest BCUT2D eigenvalue weighted by molar-refractivity contribution is -0.635. The van der Waals surface area contributed by atoms with Gasteiger partial charge in [-0.25, -0.2) is 0 Å². The minimum atomic E-state index is -4.94. The summed E-state index contributed by atoms with van der Waals surface area (Å²) in [6, 6.07) is 0. The van der Waals surface area contributed by atoms with Crippen LogP contribution in [0.5, 0.6) is 0 Å². The Labute approximate surface area is 160 Å². The first-order chi connectivity index (χ1) is 13.0. The molecule has 2 aliphatic heterocycles. The van der Waals surface area contributed by atoms with Crippen LogP contribution >= 0.6 is 0 Å². The van der Waals surface area contributed by atoms with E-state index < -0.39 is 76.5 Å². The van der Waals surface area contributed by atoms with Crippen LogP contribution in [-0.2, 0) is 38.2 Å². The molecular weight excluding hydrogens is 408 g/mol. The largest absolute Gasteiger partial charge is 0.707 e. The lowest BCUT2D eigenvalue weighted by Crippen LogP contribution is -2.65. The quantitative estimate of drug-likeness (QED) is 0.267. The number of aliphatic carboxylic acids is 1. The highest BCUT2D eigenvalue weighted by atomic mass is 32.2. The van der Waals surface area contributed by atoms with Gasteiger partial charge in [0.2, 0.25) is 0 Å². The molecule has 164 valence electrons. The Morgan fingerprint density at radius 1 is 1.04 bits per heavy atom. The van der Waals surface area contributed by atoms with Gasteiger partial charge in [-0.15, -0.1) is 0 Å². The number of methoxy groups -OCH3 is 1. The van der Waals surface area contributed by atoms with E-state index in [0.717, 1.165) is 7.11 Å². The molecule has 0 amide bonds. The van der Waals surface area contributed by atoms with Crippen molar-refractivity contribution in [3.8, 4) is 0 Å². The molecule has 0 aromatic carbocycles. The van der Waals surface area contributed by atoms with Crippen molar-refractivity contribution in [2.45, 2.75) is 68.3 Å². The molecule has 0 bridgehead atoms.